The van der Waals surface area contributed by atoms with Gasteiger partial charge in [-0.1, -0.05) is 14.5 Å². The van der Waals surface area contributed by atoms with Crippen molar-refractivity contribution in [2.24, 2.45) is 0 Å². The first-order chi connectivity index (χ1) is 3.77. The van der Waals surface area contributed by atoms with Gasteiger partial charge in [0.15, 0.2) is 0 Å². The Morgan fingerprint density at radius 3 is 2.88 bits per heavy atom. The molecule has 0 aliphatic rings. The van der Waals surface area contributed by atoms with Gasteiger partial charge >= 0.3 is 0 Å². The molecule has 0 amide bonds. The monoisotopic (exact) mass is 150 g/mol. The quantitative estimate of drug-likeness (QED) is 0.339. The Balaban J connectivity index is 2.82. The summed E-state index contributed by atoms with van der Waals surface area (Å²) in [5.74, 6) is 0. The highest BCUT2D eigenvalue weighted by atomic mass is 32.0. The van der Waals surface area contributed by atoms with Crippen LogP contribution < -0.4 is 0 Å². The molecule has 3 heteroatoms. The van der Waals surface area contributed by atoms with Crippen molar-refractivity contribution >= 4 is 17.4 Å². The minimum Gasteiger partial charge on any atom is -0.358 e. The van der Waals surface area contributed by atoms with Gasteiger partial charge in [0.2, 0.25) is 0 Å². The highest BCUT2D eigenvalue weighted by Crippen LogP contribution is 2.21. The minimum atomic E-state index is 0.533. The molecule has 0 rings (SSSR count). The van der Waals surface area contributed by atoms with E-state index in [9.17, 15) is 0 Å². The molecule has 1 nitrogen and oxygen atoms in total. The first-order valence-electron chi connectivity index (χ1n) is 2.49. The van der Waals surface area contributed by atoms with Gasteiger partial charge in [0, 0.05) is 8.50 Å². The molecule has 0 bridgehead atoms. The number of rotatable bonds is 4. The summed E-state index contributed by atoms with van der Waals surface area (Å²) >= 11 is 0. The van der Waals surface area contributed by atoms with Gasteiger partial charge in [-0.05, 0) is 13.3 Å². The van der Waals surface area contributed by atoms with Crippen molar-refractivity contribution in [3.8, 4) is 0 Å². The molecule has 0 N–H and O–H groups in total. The molecule has 0 saturated carbocycles. The zero-order valence-electron chi connectivity index (χ0n) is 5.11. The van der Waals surface area contributed by atoms with Crippen LogP contribution in [0.25, 0.3) is 0 Å². The molecule has 0 aromatic heterocycles. The van der Waals surface area contributed by atoms with Crippen molar-refractivity contribution in [2.45, 2.75) is 13.3 Å². The molecule has 0 aromatic carbocycles. The summed E-state index contributed by atoms with van der Waals surface area (Å²) < 4.78 is 5.07. The van der Waals surface area contributed by atoms with Crippen LogP contribution in [0.1, 0.15) is 13.3 Å². The predicted molar refractivity (Wildman–Crippen MR) is 43.4 cm³/mol. The highest BCUT2D eigenvalue weighted by Gasteiger charge is 1.83. The van der Waals surface area contributed by atoms with Crippen molar-refractivity contribution in [1.82, 2.24) is 0 Å². The van der Waals surface area contributed by atoms with E-state index < -0.39 is 0 Å². The van der Waals surface area contributed by atoms with Gasteiger partial charge in [0.25, 0.3) is 0 Å². The SMILES string of the molecule is C=C(C)CCOPP. The predicted octanol–water partition coefficient (Wildman–Crippen LogP) is 2.35. The van der Waals surface area contributed by atoms with E-state index in [1.165, 1.54) is 5.57 Å². The average Bonchev–Trinajstić information content (AvgIpc) is 1.66. The third-order valence-corrected chi connectivity index (χ3v) is 1.59. The summed E-state index contributed by atoms with van der Waals surface area (Å²) in [6.45, 7) is 6.57. The van der Waals surface area contributed by atoms with Crippen molar-refractivity contribution < 1.29 is 4.52 Å². The van der Waals surface area contributed by atoms with Crippen LogP contribution in [-0.4, -0.2) is 6.61 Å². The Morgan fingerprint density at radius 2 is 2.50 bits per heavy atom. The topological polar surface area (TPSA) is 9.23 Å². The maximum Gasteiger partial charge on any atom is 0.0546 e. The van der Waals surface area contributed by atoms with Crippen molar-refractivity contribution in [2.75, 3.05) is 6.61 Å². The molecule has 0 saturated heterocycles. The van der Waals surface area contributed by atoms with Crippen LogP contribution in [-0.2, 0) is 4.52 Å². The first kappa shape index (κ1) is 8.56. The zero-order chi connectivity index (χ0) is 6.41. The van der Waals surface area contributed by atoms with Gasteiger partial charge in [0.1, 0.15) is 0 Å². The van der Waals surface area contributed by atoms with E-state index in [0.29, 0.717) is 8.50 Å². The lowest BCUT2D eigenvalue weighted by atomic mass is 10.3. The lowest BCUT2D eigenvalue weighted by molar-refractivity contribution is 0.374. The molecule has 0 fully saturated rings. The van der Waals surface area contributed by atoms with Crippen LogP contribution in [0, 0.1) is 0 Å². The third kappa shape index (κ3) is 6.56. The summed E-state index contributed by atoms with van der Waals surface area (Å²) in [5, 5.41) is 0. The molecule has 2 atom stereocenters. The second-order valence-corrected chi connectivity index (χ2v) is 2.90. The summed E-state index contributed by atoms with van der Waals surface area (Å²) in [7, 11) is 3.07. The standard InChI is InChI=1S/C5H12OP2/c1-5(2)3-4-6-8-7/h8H,1,3-4,7H2,2H3. The van der Waals surface area contributed by atoms with Crippen molar-refractivity contribution in [3.05, 3.63) is 12.2 Å². The second-order valence-electron chi connectivity index (χ2n) is 1.67. The van der Waals surface area contributed by atoms with E-state index in [-0.39, 0.29) is 0 Å². The fourth-order valence-corrected chi connectivity index (χ4v) is 0.858. The molecule has 48 valence electrons. The van der Waals surface area contributed by atoms with E-state index in [1.54, 1.807) is 0 Å². The molecule has 0 heterocycles. The largest absolute Gasteiger partial charge is 0.358 e. The first-order valence-corrected chi connectivity index (χ1v) is 5.21. The van der Waals surface area contributed by atoms with Gasteiger partial charge in [-0.2, -0.15) is 0 Å². The van der Waals surface area contributed by atoms with Crippen LogP contribution in [0.3, 0.4) is 0 Å². The average molecular weight is 150 g/mol. The number of hydrogen-bond donors (Lipinski definition) is 0. The molecule has 2 unspecified atom stereocenters. The summed E-state index contributed by atoms with van der Waals surface area (Å²) in [5.41, 5.74) is 1.19. The molecule has 0 aliphatic heterocycles. The summed E-state index contributed by atoms with van der Waals surface area (Å²) in [6, 6.07) is 0. The lowest BCUT2D eigenvalue weighted by Gasteiger charge is -1.97. The van der Waals surface area contributed by atoms with Crippen molar-refractivity contribution in [1.29, 1.82) is 0 Å². The van der Waals surface area contributed by atoms with Crippen LogP contribution in [0.15, 0.2) is 12.2 Å². The third-order valence-electron chi connectivity index (χ3n) is 0.714. The molecule has 0 radical (unpaired) electrons. The molecular formula is C5H12OP2. The van der Waals surface area contributed by atoms with Crippen LogP contribution in [0.4, 0.5) is 0 Å². The van der Waals surface area contributed by atoms with Crippen molar-refractivity contribution in [3.63, 3.8) is 0 Å². The Hall–Kier alpha value is 0.560. The molecule has 0 aromatic rings. The second kappa shape index (κ2) is 5.69. The fourth-order valence-electron chi connectivity index (χ4n) is 0.284. The highest BCUT2D eigenvalue weighted by molar-refractivity contribution is 8.00. The Bertz CT molecular complexity index is 72.8. The van der Waals surface area contributed by atoms with E-state index in [0.717, 1.165) is 13.0 Å². The Labute approximate surface area is 54.8 Å². The van der Waals surface area contributed by atoms with Gasteiger partial charge in [0.05, 0.1) is 6.61 Å². The number of hydrogen-bond acceptors (Lipinski definition) is 1. The van der Waals surface area contributed by atoms with Crippen LogP contribution in [0.2, 0.25) is 0 Å². The van der Waals surface area contributed by atoms with E-state index in [1.807, 2.05) is 6.92 Å². The van der Waals surface area contributed by atoms with E-state index in [2.05, 4.69) is 15.5 Å². The molecule has 0 aliphatic carbocycles. The maximum atomic E-state index is 5.07. The summed E-state index contributed by atoms with van der Waals surface area (Å²) in [4.78, 5) is 0. The summed E-state index contributed by atoms with van der Waals surface area (Å²) in [6.07, 6.45) is 0.988. The fraction of sp³-hybridized carbons (Fsp3) is 0.600. The van der Waals surface area contributed by atoms with Crippen LogP contribution in [0.5, 0.6) is 0 Å². The zero-order valence-corrected chi connectivity index (χ0v) is 7.26. The minimum absolute atomic E-state index is 0.533. The van der Waals surface area contributed by atoms with Gasteiger partial charge < -0.3 is 4.52 Å². The molecule has 0 spiro atoms. The van der Waals surface area contributed by atoms with Gasteiger partial charge in [-0.25, -0.2) is 0 Å². The Morgan fingerprint density at radius 1 is 1.88 bits per heavy atom. The smallest absolute Gasteiger partial charge is 0.0546 e. The lowest BCUT2D eigenvalue weighted by Crippen LogP contribution is -1.83. The van der Waals surface area contributed by atoms with Gasteiger partial charge in [-0.15, -0.1) is 6.58 Å². The molecule has 8 heavy (non-hydrogen) atoms. The van der Waals surface area contributed by atoms with E-state index >= 15 is 0 Å². The molecular weight excluding hydrogens is 138 g/mol. The normalized spacial score (nSPS) is 10.8. The van der Waals surface area contributed by atoms with Gasteiger partial charge in [-0.3, -0.25) is 0 Å². The van der Waals surface area contributed by atoms with E-state index in [4.69, 9.17) is 4.52 Å². The maximum absolute atomic E-state index is 5.07. The van der Waals surface area contributed by atoms with Crippen LogP contribution >= 0.6 is 17.4 Å². The Kier molecular flexibility index (Phi) is 6.09.